The summed E-state index contributed by atoms with van der Waals surface area (Å²) in [6.07, 6.45) is 0. The average molecular weight is 217 g/mol. The Kier molecular flexibility index (Phi) is 3.70. The molecule has 0 atom stereocenters. The summed E-state index contributed by atoms with van der Waals surface area (Å²) in [6.45, 7) is -0.267. The molecule has 0 heterocycles. The minimum absolute atomic E-state index is 0.267. The van der Waals surface area contributed by atoms with Crippen molar-refractivity contribution in [1.29, 1.82) is 0 Å². The van der Waals surface area contributed by atoms with Crippen molar-refractivity contribution in [3.05, 3.63) is 35.9 Å². The monoisotopic (exact) mass is 217 g/mol. The van der Waals surface area contributed by atoms with Crippen molar-refractivity contribution in [3.63, 3.8) is 0 Å². The zero-order valence-electron chi connectivity index (χ0n) is 7.61. The van der Waals surface area contributed by atoms with Gasteiger partial charge in [-0.25, -0.2) is 4.79 Å². The zero-order chi connectivity index (χ0) is 11.3. The summed E-state index contributed by atoms with van der Waals surface area (Å²) in [5.41, 5.74) is 1.15. The van der Waals surface area contributed by atoms with Gasteiger partial charge in [0.15, 0.2) is 0 Å². The normalized spacial score (nSPS) is 11.1. The molecule has 82 valence electrons. The van der Waals surface area contributed by atoms with E-state index in [1.165, 1.54) is 0 Å². The van der Waals surface area contributed by atoms with Crippen molar-refractivity contribution < 1.29 is 23.5 Å². The number of hydrogen-bond donors (Lipinski definition) is 2. The maximum absolute atomic E-state index is 12.4. The Hall–Kier alpha value is -1.53. The first-order chi connectivity index (χ1) is 7.06. The Bertz CT molecular complexity index is 329. The predicted octanol–water partition coefficient (Wildman–Crippen LogP) is 1.30. The molecule has 2 N–H and O–H groups in total. The summed E-state index contributed by atoms with van der Waals surface area (Å²) in [5, 5.41) is 7.96. The van der Waals surface area contributed by atoms with Gasteiger partial charge in [-0.05, 0) is 5.56 Å². The van der Waals surface area contributed by atoms with Crippen molar-refractivity contribution in [2.24, 2.45) is 0 Å². The quantitative estimate of drug-likeness (QED) is 0.453. The van der Waals surface area contributed by atoms with Crippen LogP contribution in [0.2, 0.25) is 0 Å². The first-order valence-corrected chi connectivity index (χ1v) is 4.06. The van der Waals surface area contributed by atoms with E-state index in [1.807, 2.05) is 0 Å². The van der Waals surface area contributed by atoms with Crippen LogP contribution in [0.3, 0.4) is 0 Å². The highest BCUT2D eigenvalue weighted by Gasteiger charge is 2.40. The summed E-state index contributed by atoms with van der Waals surface area (Å²) in [6, 6.07) is 4.29. The molecule has 15 heavy (non-hydrogen) atoms. The summed E-state index contributed by atoms with van der Waals surface area (Å²) >= 11 is 0. The van der Waals surface area contributed by atoms with Crippen LogP contribution in [-0.4, -0.2) is 17.2 Å². The lowest BCUT2D eigenvalue weighted by Crippen LogP contribution is -2.43. The van der Waals surface area contributed by atoms with Crippen LogP contribution in [0, 0.1) is 0 Å². The average Bonchev–Trinajstić information content (AvgIpc) is 2.27. The number of nitrogens with one attached hydrogen (secondary N) is 1. The highest BCUT2D eigenvalue weighted by molar-refractivity contribution is 5.76. The third-order valence-corrected chi connectivity index (χ3v) is 1.61. The molecule has 1 aromatic rings. The van der Waals surface area contributed by atoms with Gasteiger partial charge in [-0.1, -0.05) is 30.3 Å². The molecule has 0 unspecified atom stereocenters. The Morgan fingerprint density at radius 1 is 1.40 bits per heavy atom. The van der Waals surface area contributed by atoms with E-state index >= 15 is 0 Å². The molecule has 0 aliphatic heterocycles. The van der Waals surface area contributed by atoms with E-state index in [-0.39, 0.29) is 6.61 Å². The Labute approximate surface area is 84.4 Å². The van der Waals surface area contributed by atoms with Crippen LogP contribution in [0.5, 0.6) is 0 Å². The highest BCUT2D eigenvalue weighted by atomic mass is 19.3. The van der Waals surface area contributed by atoms with Crippen molar-refractivity contribution in [2.75, 3.05) is 0 Å². The maximum Gasteiger partial charge on any atom is 0.420 e. The number of benzene rings is 1. The predicted molar refractivity (Wildman–Crippen MR) is 46.1 cm³/mol. The van der Waals surface area contributed by atoms with E-state index in [9.17, 15) is 13.6 Å². The molecule has 0 fully saturated rings. The largest absolute Gasteiger partial charge is 0.455 e. The van der Waals surface area contributed by atoms with Gasteiger partial charge < -0.3 is 9.94 Å². The number of halogens is 2. The van der Waals surface area contributed by atoms with Gasteiger partial charge in [0.25, 0.3) is 0 Å². The molecule has 0 saturated heterocycles. The molecule has 0 amide bonds. The second-order valence-electron chi connectivity index (χ2n) is 2.75. The van der Waals surface area contributed by atoms with Crippen LogP contribution in [0.1, 0.15) is 5.56 Å². The number of esters is 1. The van der Waals surface area contributed by atoms with Crippen LogP contribution >= 0.6 is 0 Å². The standard InChI is InChI=1S/C9H9F2NO3/c10-9(11,12-14)8(13)15-6-7-4-2-1-3-5-7/h1-5,12,14H,6H2. The van der Waals surface area contributed by atoms with E-state index in [4.69, 9.17) is 5.21 Å². The molecule has 0 aromatic heterocycles. The molecular formula is C9H9F2NO3. The lowest BCUT2D eigenvalue weighted by molar-refractivity contribution is -0.195. The van der Waals surface area contributed by atoms with Crippen LogP contribution in [0.4, 0.5) is 8.78 Å². The first kappa shape index (κ1) is 11.5. The Balaban J connectivity index is 2.48. The SMILES string of the molecule is O=C(OCc1ccccc1)C(F)(F)NO. The molecule has 4 nitrogen and oxygen atoms in total. The minimum Gasteiger partial charge on any atom is -0.455 e. The maximum atomic E-state index is 12.4. The van der Waals surface area contributed by atoms with Crippen molar-refractivity contribution in [2.45, 2.75) is 12.7 Å². The van der Waals surface area contributed by atoms with Gasteiger partial charge in [-0.15, -0.1) is 5.48 Å². The van der Waals surface area contributed by atoms with E-state index in [0.29, 0.717) is 11.0 Å². The van der Waals surface area contributed by atoms with E-state index in [2.05, 4.69) is 4.74 Å². The van der Waals surface area contributed by atoms with Gasteiger partial charge in [0.1, 0.15) is 6.61 Å². The summed E-state index contributed by atoms with van der Waals surface area (Å²) < 4.78 is 29.1. The van der Waals surface area contributed by atoms with Crippen molar-refractivity contribution in [3.8, 4) is 0 Å². The van der Waals surface area contributed by atoms with Crippen LogP contribution < -0.4 is 5.48 Å². The number of carbonyl (C=O) groups excluding carboxylic acids is 1. The first-order valence-electron chi connectivity index (χ1n) is 4.06. The molecule has 0 spiro atoms. The van der Waals surface area contributed by atoms with Crippen LogP contribution in [-0.2, 0) is 16.1 Å². The number of rotatable bonds is 4. The zero-order valence-corrected chi connectivity index (χ0v) is 7.61. The van der Waals surface area contributed by atoms with Gasteiger partial charge in [0.2, 0.25) is 0 Å². The van der Waals surface area contributed by atoms with E-state index in [1.54, 1.807) is 30.3 Å². The second-order valence-corrected chi connectivity index (χ2v) is 2.75. The number of carbonyl (C=O) groups is 1. The van der Waals surface area contributed by atoms with Crippen molar-refractivity contribution in [1.82, 2.24) is 5.48 Å². The van der Waals surface area contributed by atoms with Gasteiger partial charge in [0.05, 0.1) is 0 Å². The Morgan fingerprint density at radius 3 is 2.53 bits per heavy atom. The molecule has 0 aliphatic rings. The fraction of sp³-hybridized carbons (Fsp3) is 0.222. The second kappa shape index (κ2) is 4.81. The number of ether oxygens (including phenoxy) is 1. The molecule has 0 radical (unpaired) electrons. The molecule has 1 aromatic carbocycles. The molecular weight excluding hydrogens is 208 g/mol. The molecule has 0 saturated carbocycles. The van der Waals surface area contributed by atoms with Gasteiger partial charge >= 0.3 is 12.0 Å². The lowest BCUT2D eigenvalue weighted by atomic mass is 10.2. The number of hydrogen-bond acceptors (Lipinski definition) is 4. The molecule has 6 heteroatoms. The molecule has 0 aliphatic carbocycles. The molecule has 1 rings (SSSR count). The van der Waals surface area contributed by atoms with E-state index in [0.717, 1.165) is 0 Å². The fourth-order valence-corrected chi connectivity index (χ4v) is 0.859. The number of hydroxylamine groups is 1. The summed E-state index contributed by atoms with van der Waals surface area (Å²) in [4.78, 5) is 10.7. The molecule has 0 bridgehead atoms. The topological polar surface area (TPSA) is 58.6 Å². The summed E-state index contributed by atoms with van der Waals surface area (Å²) in [5.74, 6) is -1.83. The van der Waals surface area contributed by atoms with E-state index < -0.39 is 12.0 Å². The lowest BCUT2D eigenvalue weighted by Gasteiger charge is -2.12. The van der Waals surface area contributed by atoms with Crippen LogP contribution in [0.15, 0.2) is 30.3 Å². The fourth-order valence-electron chi connectivity index (χ4n) is 0.859. The Morgan fingerprint density at radius 2 is 2.00 bits per heavy atom. The van der Waals surface area contributed by atoms with Gasteiger partial charge in [0, 0.05) is 0 Å². The number of alkyl halides is 2. The minimum atomic E-state index is -4.07. The third-order valence-electron chi connectivity index (χ3n) is 1.61. The van der Waals surface area contributed by atoms with Crippen molar-refractivity contribution >= 4 is 5.97 Å². The highest BCUT2D eigenvalue weighted by Crippen LogP contribution is 2.11. The van der Waals surface area contributed by atoms with Gasteiger partial charge in [-0.3, -0.25) is 0 Å². The third kappa shape index (κ3) is 3.26. The van der Waals surface area contributed by atoms with Crippen LogP contribution in [0.25, 0.3) is 0 Å². The van der Waals surface area contributed by atoms with Gasteiger partial charge in [-0.2, -0.15) is 8.78 Å². The summed E-state index contributed by atoms with van der Waals surface area (Å²) in [7, 11) is 0. The smallest absolute Gasteiger partial charge is 0.420 e.